The third kappa shape index (κ3) is 2.65. The Morgan fingerprint density at radius 2 is 1.95 bits per heavy atom. The molecule has 118 valence electrons. The zero-order valence-electron chi connectivity index (χ0n) is 12.8. The van der Waals surface area contributed by atoms with Crippen molar-refractivity contribution in [3.63, 3.8) is 0 Å². The molecule has 0 radical (unpaired) electrons. The first-order valence-corrected chi connectivity index (χ1v) is 7.97. The highest BCUT2D eigenvalue weighted by molar-refractivity contribution is 6.31. The second kappa shape index (κ2) is 5.47. The van der Waals surface area contributed by atoms with Crippen LogP contribution in [0.5, 0.6) is 0 Å². The number of piperidine rings is 1. The van der Waals surface area contributed by atoms with E-state index in [1.807, 2.05) is 24.8 Å². The molecule has 2 N–H and O–H groups in total. The Balaban J connectivity index is 1.76. The van der Waals surface area contributed by atoms with Crippen LogP contribution in [0.3, 0.4) is 0 Å². The van der Waals surface area contributed by atoms with Crippen LogP contribution in [-0.2, 0) is 4.79 Å². The maximum Gasteiger partial charge on any atom is 0.255 e. The summed E-state index contributed by atoms with van der Waals surface area (Å²) in [7, 11) is 0. The van der Waals surface area contributed by atoms with Gasteiger partial charge in [0.05, 0.1) is 5.56 Å². The zero-order chi connectivity index (χ0) is 15.9. The van der Waals surface area contributed by atoms with Gasteiger partial charge in [-0.15, -0.1) is 0 Å². The molecule has 2 heterocycles. The van der Waals surface area contributed by atoms with Gasteiger partial charge in [-0.25, -0.2) is 0 Å². The Kier molecular flexibility index (Phi) is 3.77. The van der Waals surface area contributed by atoms with Crippen LogP contribution in [0.2, 0.25) is 5.02 Å². The summed E-state index contributed by atoms with van der Waals surface area (Å²) in [5.74, 6) is 0.0647. The third-order valence-corrected chi connectivity index (χ3v) is 4.61. The van der Waals surface area contributed by atoms with E-state index in [1.165, 1.54) is 0 Å². The van der Waals surface area contributed by atoms with Crippen LogP contribution in [0, 0.1) is 5.92 Å². The lowest BCUT2D eigenvalue weighted by atomic mass is 9.92. The standard InChI is InChI=1S/C16H20ClN3O2/c1-10(2)15(22)20-7-5-16(6-8-20)18-13-4-3-11(17)9-12(13)14(21)19-16/h3-4,9-10,18H,5-8H2,1-2H3,(H,19,21). The lowest BCUT2D eigenvalue weighted by Gasteiger charge is -2.46. The average molecular weight is 322 g/mol. The van der Waals surface area contributed by atoms with Crippen molar-refractivity contribution in [3.05, 3.63) is 28.8 Å². The predicted octanol–water partition coefficient (Wildman–Crippen LogP) is 2.47. The Morgan fingerprint density at radius 3 is 2.59 bits per heavy atom. The van der Waals surface area contributed by atoms with Gasteiger partial charge in [0.25, 0.3) is 5.91 Å². The van der Waals surface area contributed by atoms with E-state index in [2.05, 4.69) is 10.6 Å². The summed E-state index contributed by atoms with van der Waals surface area (Å²) in [5.41, 5.74) is 0.904. The first-order chi connectivity index (χ1) is 10.4. The van der Waals surface area contributed by atoms with E-state index >= 15 is 0 Å². The lowest BCUT2D eigenvalue weighted by Crippen LogP contribution is -2.63. The van der Waals surface area contributed by atoms with Crippen LogP contribution in [0.4, 0.5) is 5.69 Å². The van der Waals surface area contributed by atoms with Gasteiger partial charge in [-0.3, -0.25) is 9.59 Å². The van der Waals surface area contributed by atoms with Crippen LogP contribution < -0.4 is 10.6 Å². The molecule has 1 aromatic rings. The fraction of sp³-hybridized carbons (Fsp3) is 0.500. The minimum Gasteiger partial charge on any atom is -0.362 e. The maximum absolute atomic E-state index is 12.3. The van der Waals surface area contributed by atoms with Gasteiger partial charge in [0, 0.05) is 42.6 Å². The predicted molar refractivity (Wildman–Crippen MR) is 85.9 cm³/mol. The SMILES string of the molecule is CC(C)C(=O)N1CCC2(CC1)NC(=O)c1cc(Cl)ccc1N2. The Bertz CT molecular complexity index is 622. The molecule has 1 fully saturated rings. The molecule has 5 nitrogen and oxygen atoms in total. The van der Waals surface area contributed by atoms with Gasteiger partial charge in [0.2, 0.25) is 5.91 Å². The molecule has 0 saturated carbocycles. The number of anilines is 1. The van der Waals surface area contributed by atoms with Gasteiger partial charge in [0.1, 0.15) is 5.66 Å². The molecular weight excluding hydrogens is 302 g/mol. The first-order valence-electron chi connectivity index (χ1n) is 7.59. The number of rotatable bonds is 1. The lowest BCUT2D eigenvalue weighted by molar-refractivity contribution is -0.136. The Labute approximate surface area is 135 Å². The van der Waals surface area contributed by atoms with Crippen LogP contribution in [-0.4, -0.2) is 35.5 Å². The molecule has 6 heteroatoms. The molecule has 1 saturated heterocycles. The van der Waals surface area contributed by atoms with E-state index < -0.39 is 5.66 Å². The zero-order valence-corrected chi connectivity index (χ0v) is 13.5. The van der Waals surface area contributed by atoms with Gasteiger partial charge in [-0.1, -0.05) is 25.4 Å². The van der Waals surface area contributed by atoms with Crippen molar-refractivity contribution >= 4 is 29.1 Å². The van der Waals surface area contributed by atoms with Crippen molar-refractivity contribution < 1.29 is 9.59 Å². The number of carbonyl (C=O) groups is 2. The van der Waals surface area contributed by atoms with Crippen LogP contribution >= 0.6 is 11.6 Å². The molecule has 0 atom stereocenters. The van der Waals surface area contributed by atoms with Gasteiger partial charge >= 0.3 is 0 Å². The fourth-order valence-electron chi connectivity index (χ4n) is 3.11. The second-order valence-corrected chi connectivity index (χ2v) is 6.77. The van der Waals surface area contributed by atoms with Crippen molar-refractivity contribution in [1.82, 2.24) is 10.2 Å². The smallest absolute Gasteiger partial charge is 0.255 e. The molecule has 1 aromatic carbocycles. The van der Waals surface area contributed by atoms with Gasteiger partial charge in [-0.05, 0) is 18.2 Å². The first kappa shape index (κ1) is 15.2. The Hall–Kier alpha value is -1.75. The normalized spacial score (nSPS) is 19.6. The molecular formula is C16H20ClN3O2. The number of hydrogen-bond donors (Lipinski definition) is 2. The van der Waals surface area contributed by atoms with Crippen molar-refractivity contribution in [2.24, 2.45) is 5.92 Å². The quantitative estimate of drug-likeness (QED) is 0.835. The van der Waals surface area contributed by atoms with Gasteiger partial charge in [0.15, 0.2) is 0 Å². The molecule has 0 aromatic heterocycles. The molecule has 2 aliphatic heterocycles. The molecule has 1 spiro atoms. The summed E-state index contributed by atoms with van der Waals surface area (Å²) in [4.78, 5) is 26.3. The topological polar surface area (TPSA) is 61.4 Å². The Morgan fingerprint density at radius 1 is 1.27 bits per heavy atom. The van der Waals surface area contributed by atoms with E-state index in [0.29, 0.717) is 36.5 Å². The summed E-state index contributed by atoms with van der Waals surface area (Å²) in [5, 5.41) is 7.03. The number of likely N-dealkylation sites (tertiary alicyclic amines) is 1. The van der Waals surface area contributed by atoms with Gasteiger partial charge in [-0.2, -0.15) is 0 Å². The number of carbonyl (C=O) groups excluding carboxylic acids is 2. The summed E-state index contributed by atoms with van der Waals surface area (Å²) in [6.07, 6.45) is 1.39. The second-order valence-electron chi connectivity index (χ2n) is 6.33. The molecule has 0 aliphatic carbocycles. The van der Waals surface area contributed by atoms with Crippen LogP contribution in [0.15, 0.2) is 18.2 Å². The largest absolute Gasteiger partial charge is 0.362 e. The highest BCUT2D eigenvalue weighted by Crippen LogP contribution is 2.32. The van der Waals surface area contributed by atoms with Crippen molar-refractivity contribution in [1.29, 1.82) is 0 Å². The van der Waals surface area contributed by atoms with Crippen molar-refractivity contribution in [2.45, 2.75) is 32.4 Å². The molecule has 3 rings (SSSR count). The van der Waals surface area contributed by atoms with E-state index in [-0.39, 0.29) is 17.7 Å². The number of halogens is 1. The minimum atomic E-state index is -0.467. The maximum atomic E-state index is 12.3. The summed E-state index contributed by atoms with van der Waals surface area (Å²) in [6, 6.07) is 5.28. The molecule has 0 unspecified atom stereocenters. The number of fused-ring (bicyclic) bond motifs is 1. The van der Waals surface area contributed by atoms with Crippen molar-refractivity contribution in [2.75, 3.05) is 18.4 Å². The number of hydrogen-bond acceptors (Lipinski definition) is 3. The molecule has 22 heavy (non-hydrogen) atoms. The van der Waals surface area contributed by atoms with Crippen LogP contribution in [0.1, 0.15) is 37.0 Å². The van der Waals surface area contributed by atoms with Crippen molar-refractivity contribution in [3.8, 4) is 0 Å². The summed E-state index contributed by atoms with van der Waals surface area (Å²) >= 11 is 5.95. The van der Waals surface area contributed by atoms with E-state index in [1.54, 1.807) is 12.1 Å². The van der Waals surface area contributed by atoms with E-state index in [4.69, 9.17) is 11.6 Å². The minimum absolute atomic E-state index is 0.00539. The third-order valence-electron chi connectivity index (χ3n) is 4.38. The molecule has 0 bridgehead atoms. The number of benzene rings is 1. The molecule has 2 aliphatic rings. The fourth-order valence-corrected chi connectivity index (χ4v) is 3.28. The monoisotopic (exact) mass is 321 g/mol. The highest BCUT2D eigenvalue weighted by Gasteiger charge is 2.41. The summed E-state index contributed by atoms with van der Waals surface area (Å²) < 4.78 is 0. The van der Waals surface area contributed by atoms with Gasteiger partial charge < -0.3 is 15.5 Å². The number of amides is 2. The van der Waals surface area contributed by atoms with E-state index in [9.17, 15) is 9.59 Å². The average Bonchev–Trinajstić information content (AvgIpc) is 2.48. The molecule has 2 amide bonds. The van der Waals surface area contributed by atoms with E-state index in [0.717, 1.165) is 5.69 Å². The number of nitrogens with zero attached hydrogens (tertiary/aromatic N) is 1. The number of nitrogens with one attached hydrogen (secondary N) is 2. The summed E-state index contributed by atoms with van der Waals surface area (Å²) in [6.45, 7) is 5.11. The van der Waals surface area contributed by atoms with Crippen LogP contribution in [0.25, 0.3) is 0 Å². The highest BCUT2D eigenvalue weighted by atomic mass is 35.5.